The zero-order valence-corrected chi connectivity index (χ0v) is 14.2. The Morgan fingerprint density at radius 1 is 1.26 bits per heavy atom. The molecule has 0 bridgehead atoms. The molecule has 0 aliphatic rings. The Kier molecular flexibility index (Phi) is 7.87. The maximum Gasteiger partial charge on any atom is 0.243 e. The fraction of sp³-hybridized carbons (Fsp3) is 0.500. The second kappa shape index (κ2) is 9.66. The number of rotatable bonds is 7. The number of hydrogen-bond donors (Lipinski definition) is 1. The first-order chi connectivity index (χ1) is 10.9. The minimum absolute atomic E-state index is 0.0589. The molecule has 1 amide bonds. The predicted octanol–water partition coefficient (Wildman–Crippen LogP) is 1.19. The van der Waals surface area contributed by atoms with E-state index in [-0.39, 0.29) is 18.3 Å². The highest BCUT2D eigenvalue weighted by Gasteiger charge is 2.08. The number of hydrogen-bond acceptors (Lipinski definition) is 3. The molecule has 0 unspecified atom stereocenters. The minimum Gasteiger partial charge on any atom is -0.492 e. The van der Waals surface area contributed by atoms with E-state index in [0.717, 1.165) is 0 Å². The number of carbonyl (C=O) groups is 1. The summed E-state index contributed by atoms with van der Waals surface area (Å²) in [5, 5.41) is 3.13. The Labute approximate surface area is 136 Å². The van der Waals surface area contributed by atoms with Gasteiger partial charge in [0, 0.05) is 27.7 Å². The van der Waals surface area contributed by atoms with E-state index in [1.54, 1.807) is 26.2 Å². The molecule has 0 fully saturated rings. The van der Waals surface area contributed by atoms with E-state index in [1.807, 2.05) is 18.9 Å². The van der Waals surface area contributed by atoms with Gasteiger partial charge in [0.25, 0.3) is 0 Å². The Morgan fingerprint density at radius 3 is 2.48 bits per heavy atom. The first-order valence-corrected chi connectivity index (χ1v) is 7.52. The van der Waals surface area contributed by atoms with E-state index >= 15 is 0 Å². The number of ether oxygens (including phenoxy) is 1. The number of nitrogens with zero attached hydrogens (tertiary/aromatic N) is 3. The molecule has 0 atom stereocenters. The number of likely N-dealkylation sites (N-methyl/N-ethyl adjacent to an activating group) is 2. The zero-order chi connectivity index (χ0) is 17.2. The molecule has 0 saturated heterocycles. The van der Waals surface area contributed by atoms with E-state index < -0.39 is 0 Å². The highest BCUT2D eigenvalue weighted by molar-refractivity contribution is 5.84. The summed E-state index contributed by atoms with van der Waals surface area (Å²) >= 11 is 0. The number of amides is 1. The lowest BCUT2D eigenvalue weighted by atomic mass is 10.3. The summed E-state index contributed by atoms with van der Waals surface area (Å²) < 4.78 is 18.4. The highest BCUT2D eigenvalue weighted by Crippen LogP contribution is 2.10. The molecule has 6 nitrogen and oxygen atoms in total. The van der Waals surface area contributed by atoms with Gasteiger partial charge in [-0.25, -0.2) is 9.38 Å². The van der Waals surface area contributed by atoms with Crippen molar-refractivity contribution in [3.8, 4) is 5.75 Å². The van der Waals surface area contributed by atoms with Crippen molar-refractivity contribution in [1.29, 1.82) is 0 Å². The van der Waals surface area contributed by atoms with E-state index in [2.05, 4.69) is 10.3 Å². The van der Waals surface area contributed by atoms with Gasteiger partial charge < -0.3 is 19.9 Å². The molecule has 0 spiro atoms. The topological polar surface area (TPSA) is 57.2 Å². The van der Waals surface area contributed by atoms with Crippen molar-refractivity contribution >= 4 is 11.9 Å². The van der Waals surface area contributed by atoms with Crippen LogP contribution in [-0.4, -0.2) is 69.1 Å². The average Bonchev–Trinajstić information content (AvgIpc) is 2.52. The second-order valence-electron chi connectivity index (χ2n) is 5.18. The van der Waals surface area contributed by atoms with Crippen LogP contribution >= 0.6 is 0 Å². The lowest BCUT2D eigenvalue weighted by molar-refractivity contribution is -0.127. The summed E-state index contributed by atoms with van der Waals surface area (Å²) in [6.07, 6.45) is 0. The molecule has 0 aliphatic carbocycles. The van der Waals surface area contributed by atoms with E-state index in [1.165, 1.54) is 17.0 Å². The number of benzene rings is 1. The van der Waals surface area contributed by atoms with Crippen LogP contribution in [0.3, 0.4) is 0 Å². The first-order valence-electron chi connectivity index (χ1n) is 7.52. The van der Waals surface area contributed by atoms with Gasteiger partial charge in [0.15, 0.2) is 5.96 Å². The molecule has 1 aromatic carbocycles. The molecular formula is C16H25FN4O2. The lowest BCUT2D eigenvalue weighted by Crippen LogP contribution is -2.41. The predicted molar refractivity (Wildman–Crippen MR) is 89.2 cm³/mol. The summed E-state index contributed by atoms with van der Waals surface area (Å²) in [5.41, 5.74) is 0. The van der Waals surface area contributed by atoms with Crippen LogP contribution in [0.25, 0.3) is 0 Å². The number of aliphatic imine (C=N–C) groups is 1. The number of halogens is 1. The Balaban J connectivity index is 2.50. The van der Waals surface area contributed by atoms with Crippen molar-refractivity contribution in [2.24, 2.45) is 4.99 Å². The quantitative estimate of drug-likeness (QED) is 0.605. The molecule has 0 heterocycles. The van der Waals surface area contributed by atoms with Crippen molar-refractivity contribution in [3.05, 3.63) is 30.1 Å². The van der Waals surface area contributed by atoms with Crippen LogP contribution in [0.4, 0.5) is 4.39 Å². The normalized spacial score (nSPS) is 11.1. The van der Waals surface area contributed by atoms with Gasteiger partial charge in [-0.05, 0) is 31.2 Å². The summed E-state index contributed by atoms with van der Waals surface area (Å²) in [7, 11) is 5.27. The second-order valence-corrected chi connectivity index (χ2v) is 5.18. The van der Waals surface area contributed by atoms with E-state index in [9.17, 15) is 9.18 Å². The molecule has 1 rings (SSSR count). The highest BCUT2D eigenvalue weighted by atomic mass is 19.1. The van der Waals surface area contributed by atoms with Crippen molar-refractivity contribution < 1.29 is 13.9 Å². The minimum atomic E-state index is -0.290. The van der Waals surface area contributed by atoms with E-state index in [4.69, 9.17) is 4.74 Å². The molecule has 0 aromatic heterocycles. The van der Waals surface area contributed by atoms with Gasteiger partial charge in [-0.15, -0.1) is 0 Å². The van der Waals surface area contributed by atoms with Crippen LogP contribution in [0.1, 0.15) is 6.92 Å². The van der Waals surface area contributed by atoms with Gasteiger partial charge in [0.1, 0.15) is 24.7 Å². The van der Waals surface area contributed by atoms with Crippen LogP contribution in [-0.2, 0) is 4.79 Å². The number of nitrogens with one attached hydrogen (secondary N) is 1. The third kappa shape index (κ3) is 6.99. The Bertz CT molecular complexity index is 517. The molecule has 1 N–H and O–H groups in total. The summed E-state index contributed by atoms with van der Waals surface area (Å²) in [6.45, 7) is 3.77. The third-order valence-corrected chi connectivity index (χ3v) is 3.07. The van der Waals surface area contributed by atoms with Crippen LogP contribution in [0.2, 0.25) is 0 Å². The maximum absolute atomic E-state index is 12.8. The molecule has 0 radical (unpaired) electrons. The third-order valence-electron chi connectivity index (χ3n) is 3.07. The standard InChI is InChI=1S/C16H25FN4O2/c1-5-18-16(19-12-15(22)20(2)3)21(4)10-11-23-14-8-6-13(17)7-9-14/h6-9H,5,10-12H2,1-4H3,(H,18,19). The van der Waals surface area contributed by atoms with Gasteiger partial charge in [-0.3, -0.25) is 4.79 Å². The lowest BCUT2D eigenvalue weighted by Gasteiger charge is -2.22. The monoisotopic (exact) mass is 324 g/mol. The van der Waals surface area contributed by atoms with Crippen molar-refractivity contribution in [3.63, 3.8) is 0 Å². The van der Waals surface area contributed by atoms with Crippen molar-refractivity contribution in [2.45, 2.75) is 6.92 Å². The van der Waals surface area contributed by atoms with Crippen LogP contribution < -0.4 is 10.1 Å². The smallest absolute Gasteiger partial charge is 0.243 e. The van der Waals surface area contributed by atoms with Gasteiger partial charge in [0.2, 0.25) is 5.91 Å². The molecule has 0 saturated carbocycles. The van der Waals surface area contributed by atoms with Gasteiger partial charge in [-0.1, -0.05) is 0 Å². The van der Waals surface area contributed by atoms with Gasteiger partial charge >= 0.3 is 0 Å². The van der Waals surface area contributed by atoms with Crippen molar-refractivity contribution in [1.82, 2.24) is 15.1 Å². The summed E-state index contributed by atoms with van der Waals surface area (Å²) in [5.74, 6) is 0.910. The fourth-order valence-corrected chi connectivity index (χ4v) is 1.69. The summed E-state index contributed by atoms with van der Waals surface area (Å²) in [4.78, 5) is 19.3. The molecule has 7 heteroatoms. The van der Waals surface area contributed by atoms with E-state index in [0.29, 0.717) is 31.4 Å². The van der Waals surface area contributed by atoms with Crippen LogP contribution in [0.5, 0.6) is 5.75 Å². The molecular weight excluding hydrogens is 299 g/mol. The zero-order valence-electron chi connectivity index (χ0n) is 14.2. The molecule has 128 valence electrons. The number of carbonyl (C=O) groups excluding carboxylic acids is 1. The average molecular weight is 324 g/mol. The van der Waals surface area contributed by atoms with Gasteiger partial charge in [0.05, 0.1) is 6.54 Å². The molecule has 1 aromatic rings. The Morgan fingerprint density at radius 2 is 1.91 bits per heavy atom. The largest absolute Gasteiger partial charge is 0.492 e. The maximum atomic E-state index is 12.8. The number of guanidine groups is 1. The first kappa shape index (κ1) is 18.7. The molecule has 0 aliphatic heterocycles. The van der Waals surface area contributed by atoms with Crippen molar-refractivity contribution in [2.75, 3.05) is 47.4 Å². The molecule has 23 heavy (non-hydrogen) atoms. The Hall–Kier alpha value is -2.31. The fourth-order valence-electron chi connectivity index (χ4n) is 1.69. The summed E-state index contributed by atoms with van der Waals surface area (Å²) in [6, 6.07) is 5.89. The van der Waals surface area contributed by atoms with Crippen LogP contribution in [0.15, 0.2) is 29.3 Å². The van der Waals surface area contributed by atoms with Gasteiger partial charge in [-0.2, -0.15) is 0 Å². The van der Waals surface area contributed by atoms with Crippen LogP contribution in [0, 0.1) is 5.82 Å². The SMILES string of the molecule is CCNC(=NCC(=O)N(C)C)N(C)CCOc1ccc(F)cc1.